The number of hydrogen-bond donors (Lipinski definition) is 1. The zero-order chi connectivity index (χ0) is 11.6. The number of ether oxygens (including phenoxy) is 2. The predicted octanol–water partition coefficient (Wildman–Crippen LogP) is 2.25. The molecule has 0 aromatic rings. The van der Waals surface area contributed by atoms with Gasteiger partial charge in [0.15, 0.2) is 5.79 Å². The maximum atomic E-state index is 10.3. The highest BCUT2D eigenvalue weighted by Crippen LogP contribution is 2.51. The van der Waals surface area contributed by atoms with Crippen LogP contribution < -0.4 is 0 Å². The van der Waals surface area contributed by atoms with E-state index in [-0.39, 0.29) is 5.41 Å². The Morgan fingerprint density at radius 1 is 1.31 bits per heavy atom. The lowest BCUT2D eigenvalue weighted by molar-refractivity contribution is -0.275. The van der Waals surface area contributed by atoms with Crippen molar-refractivity contribution in [3.05, 3.63) is 12.7 Å². The van der Waals surface area contributed by atoms with Crippen LogP contribution in [-0.2, 0) is 9.47 Å². The van der Waals surface area contributed by atoms with Crippen LogP contribution in [0.3, 0.4) is 0 Å². The molecule has 0 radical (unpaired) electrons. The van der Waals surface area contributed by atoms with Crippen LogP contribution in [0, 0.1) is 5.41 Å². The summed E-state index contributed by atoms with van der Waals surface area (Å²) in [6.07, 6.45) is 6.07. The SMILES string of the molecule is C=CCC(O)C1(C)CCCCC12OCCO2. The van der Waals surface area contributed by atoms with Gasteiger partial charge in [-0.05, 0) is 19.3 Å². The standard InChI is InChI=1S/C13H22O3/c1-3-6-11(14)12(2)7-4-5-8-13(12)15-9-10-16-13/h3,11,14H,1,4-10H2,2H3. The zero-order valence-electron chi connectivity index (χ0n) is 10.1. The highest BCUT2D eigenvalue weighted by atomic mass is 16.7. The van der Waals surface area contributed by atoms with Crippen molar-refractivity contribution in [1.82, 2.24) is 0 Å². The third kappa shape index (κ3) is 1.71. The molecule has 1 aliphatic carbocycles. The van der Waals surface area contributed by atoms with Gasteiger partial charge in [-0.2, -0.15) is 0 Å². The molecule has 3 heteroatoms. The van der Waals surface area contributed by atoms with Crippen LogP contribution >= 0.6 is 0 Å². The number of rotatable bonds is 3. The first-order valence-electron chi connectivity index (χ1n) is 6.21. The first-order valence-corrected chi connectivity index (χ1v) is 6.21. The van der Waals surface area contributed by atoms with Gasteiger partial charge >= 0.3 is 0 Å². The third-order valence-corrected chi connectivity index (χ3v) is 4.20. The highest BCUT2D eigenvalue weighted by Gasteiger charge is 2.57. The fourth-order valence-corrected chi connectivity index (χ4v) is 3.09. The summed E-state index contributed by atoms with van der Waals surface area (Å²) in [5.41, 5.74) is -0.296. The Balaban J connectivity index is 2.23. The summed E-state index contributed by atoms with van der Waals surface area (Å²) in [4.78, 5) is 0. The van der Waals surface area contributed by atoms with Gasteiger partial charge in [0.05, 0.1) is 19.3 Å². The molecule has 92 valence electrons. The Morgan fingerprint density at radius 2 is 1.94 bits per heavy atom. The summed E-state index contributed by atoms with van der Waals surface area (Å²) in [6, 6.07) is 0. The second kappa shape index (κ2) is 4.47. The van der Waals surface area contributed by atoms with Crippen LogP contribution in [0.15, 0.2) is 12.7 Å². The van der Waals surface area contributed by atoms with Crippen molar-refractivity contribution in [2.45, 2.75) is 50.9 Å². The van der Waals surface area contributed by atoms with E-state index in [9.17, 15) is 5.11 Å². The summed E-state index contributed by atoms with van der Waals surface area (Å²) >= 11 is 0. The average Bonchev–Trinajstić information content (AvgIpc) is 2.73. The van der Waals surface area contributed by atoms with Gasteiger partial charge in [-0.25, -0.2) is 0 Å². The Labute approximate surface area is 97.4 Å². The monoisotopic (exact) mass is 226 g/mol. The van der Waals surface area contributed by atoms with Gasteiger partial charge in [0.2, 0.25) is 0 Å². The summed E-state index contributed by atoms with van der Waals surface area (Å²) < 4.78 is 11.7. The second-order valence-electron chi connectivity index (χ2n) is 5.11. The zero-order valence-corrected chi connectivity index (χ0v) is 10.1. The lowest BCUT2D eigenvalue weighted by atomic mass is 9.66. The van der Waals surface area contributed by atoms with Crippen molar-refractivity contribution in [2.24, 2.45) is 5.41 Å². The molecule has 1 N–H and O–H groups in total. The van der Waals surface area contributed by atoms with E-state index in [1.54, 1.807) is 6.08 Å². The Bertz CT molecular complexity index is 258. The fraction of sp³-hybridized carbons (Fsp3) is 0.846. The van der Waals surface area contributed by atoms with E-state index in [0.717, 1.165) is 25.7 Å². The smallest absolute Gasteiger partial charge is 0.176 e. The lowest BCUT2D eigenvalue weighted by Gasteiger charge is -2.50. The Kier molecular flexibility index (Phi) is 3.38. The van der Waals surface area contributed by atoms with Crippen molar-refractivity contribution in [3.8, 4) is 0 Å². The largest absolute Gasteiger partial charge is 0.392 e. The maximum Gasteiger partial charge on any atom is 0.176 e. The minimum atomic E-state index is -0.548. The van der Waals surface area contributed by atoms with Crippen LogP contribution in [0.1, 0.15) is 39.0 Å². The van der Waals surface area contributed by atoms with E-state index in [2.05, 4.69) is 13.5 Å². The second-order valence-corrected chi connectivity index (χ2v) is 5.11. The van der Waals surface area contributed by atoms with E-state index in [4.69, 9.17) is 9.47 Å². The summed E-state index contributed by atoms with van der Waals surface area (Å²) in [5, 5.41) is 10.3. The van der Waals surface area contributed by atoms with E-state index >= 15 is 0 Å². The first-order chi connectivity index (χ1) is 7.65. The maximum absolute atomic E-state index is 10.3. The number of aliphatic hydroxyl groups excluding tert-OH is 1. The van der Waals surface area contributed by atoms with Crippen LogP contribution in [-0.4, -0.2) is 30.2 Å². The molecule has 3 nitrogen and oxygen atoms in total. The number of aliphatic hydroxyl groups is 1. The molecule has 2 aliphatic rings. The summed E-state index contributed by atoms with van der Waals surface area (Å²) in [5.74, 6) is -0.548. The van der Waals surface area contributed by atoms with E-state index < -0.39 is 11.9 Å². The molecule has 0 aromatic carbocycles. The lowest BCUT2D eigenvalue weighted by Crippen LogP contribution is -2.56. The van der Waals surface area contributed by atoms with Crippen LogP contribution in [0.4, 0.5) is 0 Å². The summed E-state index contributed by atoms with van der Waals surface area (Å²) in [6.45, 7) is 7.09. The Hall–Kier alpha value is -0.380. The van der Waals surface area contributed by atoms with Gasteiger partial charge in [-0.15, -0.1) is 6.58 Å². The predicted molar refractivity (Wildman–Crippen MR) is 62.0 cm³/mol. The molecule has 1 heterocycles. The molecule has 1 spiro atoms. The van der Waals surface area contributed by atoms with Gasteiger partial charge in [0, 0.05) is 11.8 Å². The summed E-state index contributed by atoms with van der Waals surface area (Å²) in [7, 11) is 0. The quantitative estimate of drug-likeness (QED) is 0.750. The van der Waals surface area contributed by atoms with Gasteiger partial charge in [0.25, 0.3) is 0 Å². The van der Waals surface area contributed by atoms with E-state index in [0.29, 0.717) is 19.6 Å². The molecule has 0 bridgehead atoms. The fourth-order valence-electron chi connectivity index (χ4n) is 3.09. The van der Waals surface area contributed by atoms with Crippen LogP contribution in [0.25, 0.3) is 0 Å². The highest BCUT2D eigenvalue weighted by molar-refractivity contribution is 5.01. The Morgan fingerprint density at radius 3 is 2.56 bits per heavy atom. The molecule has 1 saturated carbocycles. The topological polar surface area (TPSA) is 38.7 Å². The molecule has 1 aliphatic heterocycles. The van der Waals surface area contributed by atoms with Crippen molar-refractivity contribution in [3.63, 3.8) is 0 Å². The van der Waals surface area contributed by atoms with Gasteiger partial charge in [0.1, 0.15) is 0 Å². The molecule has 1 saturated heterocycles. The third-order valence-electron chi connectivity index (χ3n) is 4.20. The average molecular weight is 226 g/mol. The van der Waals surface area contributed by atoms with E-state index in [1.165, 1.54) is 0 Å². The van der Waals surface area contributed by atoms with Crippen molar-refractivity contribution < 1.29 is 14.6 Å². The van der Waals surface area contributed by atoms with Crippen molar-refractivity contribution in [2.75, 3.05) is 13.2 Å². The molecule has 0 aromatic heterocycles. The van der Waals surface area contributed by atoms with Gasteiger partial charge in [-0.3, -0.25) is 0 Å². The minimum Gasteiger partial charge on any atom is -0.392 e. The molecular weight excluding hydrogens is 204 g/mol. The molecular formula is C13H22O3. The van der Waals surface area contributed by atoms with Crippen molar-refractivity contribution in [1.29, 1.82) is 0 Å². The van der Waals surface area contributed by atoms with Crippen molar-refractivity contribution >= 4 is 0 Å². The number of hydrogen-bond acceptors (Lipinski definition) is 3. The van der Waals surface area contributed by atoms with E-state index in [1.807, 2.05) is 0 Å². The molecule has 16 heavy (non-hydrogen) atoms. The van der Waals surface area contributed by atoms with Gasteiger partial charge < -0.3 is 14.6 Å². The van der Waals surface area contributed by atoms with Crippen LogP contribution in [0.5, 0.6) is 0 Å². The minimum absolute atomic E-state index is 0.296. The molecule has 0 amide bonds. The molecule has 2 fully saturated rings. The van der Waals surface area contributed by atoms with Gasteiger partial charge in [-0.1, -0.05) is 19.4 Å². The normalized spacial score (nSPS) is 35.1. The molecule has 2 atom stereocenters. The first kappa shape index (κ1) is 12.1. The molecule has 2 unspecified atom stereocenters. The van der Waals surface area contributed by atoms with Crippen LogP contribution in [0.2, 0.25) is 0 Å². The molecule has 2 rings (SSSR count).